The van der Waals surface area contributed by atoms with Crippen LogP contribution in [-0.2, 0) is 30.5 Å². The number of anilines is 1. The van der Waals surface area contributed by atoms with Gasteiger partial charge in [0.2, 0.25) is 5.91 Å². The van der Waals surface area contributed by atoms with Gasteiger partial charge in [0.05, 0.1) is 24.2 Å². The van der Waals surface area contributed by atoms with Crippen LogP contribution >= 0.6 is 0 Å². The molecule has 2 aromatic rings. The van der Waals surface area contributed by atoms with Crippen LogP contribution in [0.4, 0.5) is 5.82 Å². The molecule has 6 rings (SSSR count). The van der Waals surface area contributed by atoms with Gasteiger partial charge >= 0.3 is 6.01 Å². The Balaban J connectivity index is 1.27. The number of aromatic nitrogens is 2. The van der Waals surface area contributed by atoms with Crippen molar-refractivity contribution in [3.05, 3.63) is 58.3 Å². The summed E-state index contributed by atoms with van der Waals surface area (Å²) in [6.07, 6.45) is 12.5. The molecule has 9 heteroatoms. The average molecular weight is 612 g/mol. The highest BCUT2D eigenvalue weighted by Gasteiger charge is 2.41. The van der Waals surface area contributed by atoms with Crippen LogP contribution in [0.5, 0.6) is 6.01 Å². The molecule has 1 spiro atoms. The lowest BCUT2D eigenvalue weighted by molar-refractivity contribution is -0.128. The molecule has 2 fully saturated rings. The van der Waals surface area contributed by atoms with Gasteiger partial charge in [0.1, 0.15) is 12.4 Å². The second-order valence-electron chi connectivity index (χ2n) is 14.1. The van der Waals surface area contributed by atoms with E-state index >= 15 is 0 Å². The summed E-state index contributed by atoms with van der Waals surface area (Å²) < 4.78 is 6.38. The van der Waals surface area contributed by atoms with Gasteiger partial charge < -0.3 is 24.3 Å². The number of fused-ring (bicyclic) bond motifs is 2. The first kappa shape index (κ1) is 31.5. The van der Waals surface area contributed by atoms with Crippen LogP contribution in [0.25, 0.3) is 0 Å². The topological polar surface area (TPSA) is 88.8 Å². The summed E-state index contributed by atoms with van der Waals surface area (Å²) in [5, 5.41) is 9.70. The van der Waals surface area contributed by atoms with Crippen molar-refractivity contribution < 1.29 is 9.53 Å². The lowest BCUT2D eigenvalue weighted by atomic mass is 9.63. The number of rotatable bonds is 8. The maximum atomic E-state index is 13.2. The minimum atomic E-state index is -0.199. The highest BCUT2D eigenvalue weighted by molar-refractivity contribution is 5.88. The number of aryl methyl sites for hydroxylation is 1. The molecule has 4 aliphatic rings. The van der Waals surface area contributed by atoms with Crippen molar-refractivity contribution in [2.24, 2.45) is 5.41 Å². The summed E-state index contributed by atoms with van der Waals surface area (Å²) >= 11 is 0. The lowest BCUT2D eigenvalue weighted by Gasteiger charge is -2.44. The number of piperazine rings is 1. The molecule has 1 aromatic carbocycles. The Morgan fingerprint density at radius 3 is 2.71 bits per heavy atom. The molecule has 3 heterocycles. The predicted octanol–water partition coefficient (Wildman–Crippen LogP) is 3.97. The molecule has 9 nitrogen and oxygen atoms in total. The van der Waals surface area contributed by atoms with E-state index < -0.39 is 0 Å². The van der Waals surface area contributed by atoms with E-state index in [1.807, 2.05) is 30.0 Å². The van der Waals surface area contributed by atoms with Gasteiger partial charge in [0.15, 0.2) is 0 Å². The van der Waals surface area contributed by atoms with E-state index in [0.29, 0.717) is 44.8 Å². The Morgan fingerprint density at radius 1 is 1.13 bits per heavy atom. The summed E-state index contributed by atoms with van der Waals surface area (Å²) in [6.45, 7) is 6.43. The van der Waals surface area contributed by atoms with E-state index in [0.717, 1.165) is 56.6 Å². The van der Waals surface area contributed by atoms with Crippen molar-refractivity contribution in [1.82, 2.24) is 24.7 Å². The highest BCUT2D eigenvalue weighted by atomic mass is 16.5. The number of carbonyl (C=O) groups is 1. The van der Waals surface area contributed by atoms with E-state index in [-0.39, 0.29) is 23.8 Å². The van der Waals surface area contributed by atoms with E-state index in [2.05, 4.69) is 48.0 Å². The van der Waals surface area contributed by atoms with Gasteiger partial charge in [-0.05, 0) is 108 Å². The van der Waals surface area contributed by atoms with Crippen LogP contribution in [0.2, 0.25) is 0 Å². The Bertz CT molecular complexity index is 1470. The Kier molecular flexibility index (Phi) is 9.44. The lowest BCUT2D eigenvalue weighted by Crippen LogP contribution is -2.55. The molecule has 45 heavy (non-hydrogen) atoms. The summed E-state index contributed by atoms with van der Waals surface area (Å²) in [6, 6.07) is 9.75. The fourth-order valence-electron chi connectivity index (χ4n) is 8.03. The molecular formula is C36H49N7O2. The van der Waals surface area contributed by atoms with Crippen molar-refractivity contribution in [1.29, 1.82) is 5.26 Å². The predicted molar refractivity (Wildman–Crippen MR) is 176 cm³/mol. The second-order valence-corrected chi connectivity index (χ2v) is 14.1. The van der Waals surface area contributed by atoms with Crippen LogP contribution in [0.1, 0.15) is 60.1 Å². The van der Waals surface area contributed by atoms with Gasteiger partial charge in [-0.2, -0.15) is 15.2 Å². The van der Waals surface area contributed by atoms with Crippen molar-refractivity contribution in [2.45, 2.75) is 76.8 Å². The van der Waals surface area contributed by atoms with Gasteiger partial charge in [-0.15, -0.1) is 0 Å². The molecule has 1 amide bonds. The molecule has 0 unspecified atom stereocenters. The molecule has 1 aromatic heterocycles. The van der Waals surface area contributed by atoms with Crippen molar-refractivity contribution in [2.75, 3.05) is 65.4 Å². The van der Waals surface area contributed by atoms with E-state index in [1.165, 1.54) is 35.1 Å². The van der Waals surface area contributed by atoms with E-state index in [9.17, 15) is 10.1 Å². The number of hydrogen-bond donors (Lipinski definition) is 0. The van der Waals surface area contributed by atoms with E-state index in [1.54, 1.807) is 6.08 Å². The maximum absolute atomic E-state index is 13.2. The summed E-state index contributed by atoms with van der Waals surface area (Å²) in [5.74, 6) is 0.913. The third-order valence-electron chi connectivity index (χ3n) is 10.7. The van der Waals surface area contributed by atoms with Crippen LogP contribution < -0.4 is 9.64 Å². The third kappa shape index (κ3) is 6.87. The number of amides is 1. The van der Waals surface area contributed by atoms with Gasteiger partial charge in [-0.25, -0.2) is 0 Å². The quantitative estimate of drug-likeness (QED) is 0.415. The molecule has 0 saturated carbocycles. The number of nitrogens with zero attached hydrogens (tertiary/aromatic N) is 7. The van der Waals surface area contributed by atoms with Gasteiger partial charge in [0.25, 0.3) is 0 Å². The number of likely N-dealkylation sites (N-methyl/N-ethyl adjacent to an activating group) is 2. The minimum absolute atomic E-state index is 0.0269. The smallest absolute Gasteiger partial charge is 0.318 e. The zero-order valence-electron chi connectivity index (χ0n) is 27.6. The average Bonchev–Trinajstić information content (AvgIpc) is 3.43. The summed E-state index contributed by atoms with van der Waals surface area (Å²) in [7, 11) is 6.13. The summed E-state index contributed by atoms with van der Waals surface area (Å²) in [4.78, 5) is 31.9. The van der Waals surface area contributed by atoms with Gasteiger partial charge in [-0.3, -0.25) is 4.79 Å². The Hall–Kier alpha value is -3.48. The van der Waals surface area contributed by atoms with Crippen LogP contribution in [0.15, 0.2) is 30.4 Å². The van der Waals surface area contributed by atoms with Crippen LogP contribution in [0.3, 0.4) is 0 Å². The van der Waals surface area contributed by atoms with Gasteiger partial charge in [0, 0.05) is 43.9 Å². The standard InChI is InChI=1S/C36H49N7O2/c1-26-8-5-9-27-22-36(15-12-30(26)27)16-13-31-32(23-36)38-35(45-25-29-10-6-19-41(29)4)39-34(31)42-20-21-43(28(24-42)14-17-37)33(44)11-7-18-40(2)3/h5,7-9,11,28-29H,6,10,12-16,18-25H2,1-4H3/b11-7+/t28-,29-,36+/m0/s1. The first-order valence-corrected chi connectivity index (χ1v) is 16.8. The monoisotopic (exact) mass is 611 g/mol. The molecule has 240 valence electrons. The molecule has 2 aliphatic heterocycles. The largest absolute Gasteiger partial charge is 0.462 e. The molecular weight excluding hydrogens is 562 g/mol. The first-order valence-electron chi connectivity index (χ1n) is 16.8. The van der Waals surface area contributed by atoms with Gasteiger partial charge in [-0.1, -0.05) is 24.3 Å². The maximum Gasteiger partial charge on any atom is 0.318 e. The fourth-order valence-corrected chi connectivity index (χ4v) is 8.03. The van der Waals surface area contributed by atoms with Crippen LogP contribution in [0, 0.1) is 23.7 Å². The molecule has 3 atom stereocenters. The van der Waals surface area contributed by atoms with Crippen molar-refractivity contribution in [3.8, 4) is 12.1 Å². The Morgan fingerprint density at radius 2 is 1.96 bits per heavy atom. The first-order chi connectivity index (χ1) is 21.7. The van der Waals surface area contributed by atoms with Crippen molar-refractivity contribution >= 4 is 11.7 Å². The fraction of sp³-hybridized carbons (Fsp3) is 0.611. The zero-order valence-corrected chi connectivity index (χ0v) is 27.6. The van der Waals surface area contributed by atoms with E-state index in [4.69, 9.17) is 14.7 Å². The second kappa shape index (κ2) is 13.5. The number of carbonyl (C=O) groups excluding carboxylic acids is 1. The van der Waals surface area contributed by atoms with Crippen LogP contribution in [-0.4, -0.2) is 103 Å². The molecule has 0 bridgehead atoms. The molecule has 2 saturated heterocycles. The number of ether oxygens (including phenoxy) is 1. The number of benzene rings is 1. The molecule has 0 N–H and O–H groups in total. The zero-order chi connectivity index (χ0) is 31.6. The number of nitriles is 1. The highest BCUT2D eigenvalue weighted by Crippen LogP contribution is 2.47. The third-order valence-corrected chi connectivity index (χ3v) is 10.7. The molecule has 2 aliphatic carbocycles. The van der Waals surface area contributed by atoms with Crippen molar-refractivity contribution in [3.63, 3.8) is 0 Å². The summed E-state index contributed by atoms with van der Waals surface area (Å²) in [5.41, 5.74) is 7.00. The SMILES string of the molecule is Cc1cccc2c1CC[C@@]1(CCc3c(nc(OC[C@@H]4CCCN4C)nc3N3CCN(C(=O)/C=C/CN(C)C)[C@@H](CC#N)C3)C1)C2. The number of hydrogen-bond acceptors (Lipinski definition) is 8. The number of likely N-dealkylation sites (tertiary alicyclic amines) is 1. The molecule has 0 radical (unpaired) electrons. The minimum Gasteiger partial charge on any atom is -0.462 e. The Labute approximate surface area is 268 Å². The normalized spacial score (nSPS) is 25.1.